The molecule has 1 radical (unpaired) electrons. The smallest absolute Gasteiger partial charge is 0.308 e. The van der Waals surface area contributed by atoms with Crippen LogP contribution in [0.15, 0.2) is 24.3 Å². The van der Waals surface area contributed by atoms with Gasteiger partial charge in [-0.15, -0.1) is 5.92 Å². The van der Waals surface area contributed by atoms with Crippen LogP contribution in [0.5, 0.6) is 0 Å². The van der Waals surface area contributed by atoms with Crippen molar-refractivity contribution in [3.05, 3.63) is 24.3 Å². The largest absolute Gasteiger partial charge is 0.460 e. The molecule has 3 nitrogen and oxygen atoms in total. The average molecular weight is 364 g/mol. The highest BCUT2D eigenvalue weighted by atomic mass is 28.3. The Bertz CT molecular complexity index is 501. The van der Waals surface area contributed by atoms with Crippen molar-refractivity contribution < 1.29 is 14.0 Å². The van der Waals surface area contributed by atoms with Gasteiger partial charge in [-0.2, -0.15) is 0 Å². The van der Waals surface area contributed by atoms with E-state index in [9.17, 15) is 4.79 Å². The van der Waals surface area contributed by atoms with Crippen LogP contribution in [0.4, 0.5) is 0 Å². The first-order valence-electron chi connectivity index (χ1n) is 8.95. The third-order valence-electron chi connectivity index (χ3n) is 3.50. The highest BCUT2D eigenvalue weighted by Crippen LogP contribution is 2.28. The van der Waals surface area contributed by atoms with Crippen molar-refractivity contribution in [2.75, 3.05) is 0 Å². The maximum absolute atomic E-state index is 12.4. The van der Waals surface area contributed by atoms with Gasteiger partial charge in [0.2, 0.25) is 9.04 Å². The highest BCUT2D eigenvalue weighted by Gasteiger charge is 2.34. The van der Waals surface area contributed by atoms with Gasteiger partial charge in [0.05, 0.1) is 17.9 Å². The van der Waals surface area contributed by atoms with Crippen LogP contribution in [0.3, 0.4) is 0 Å². The zero-order valence-corrected chi connectivity index (χ0v) is 18.2. The lowest BCUT2D eigenvalue weighted by Gasteiger charge is -2.33. The number of hydrogen-bond donors (Lipinski definition) is 0. The number of hydrogen-bond acceptors (Lipinski definition) is 3. The van der Waals surface area contributed by atoms with Crippen molar-refractivity contribution in [3.8, 4) is 11.8 Å². The van der Waals surface area contributed by atoms with E-state index in [-0.39, 0.29) is 18.5 Å². The summed E-state index contributed by atoms with van der Waals surface area (Å²) >= 11 is 0. The summed E-state index contributed by atoms with van der Waals surface area (Å²) in [6.07, 6.45) is 8.31. The minimum atomic E-state index is -1.11. The minimum absolute atomic E-state index is 0.221. The summed E-state index contributed by atoms with van der Waals surface area (Å²) in [6.45, 7) is 15.5. The Balaban J connectivity index is 5.33. The SMILES string of the molecule is CC#CC(C)(C)[C@H](CC(=O)OC(C)(C)C)O[Si](C/C=C\C)C/C=C\C. The second kappa shape index (κ2) is 11.3. The van der Waals surface area contributed by atoms with E-state index in [2.05, 4.69) is 24.0 Å². The zero-order valence-electron chi connectivity index (χ0n) is 17.2. The Morgan fingerprint density at radius 1 is 1.08 bits per heavy atom. The van der Waals surface area contributed by atoms with Crippen LogP contribution in [-0.2, 0) is 14.0 Å². The average Bonchev–Trinajstić information content (AvgIpc) is 2.46. The Labute approximate surface area is 156 Å². The number of ether oxygens (including phenoxy) is 1. The number of carbonyl (C=O) groups excluding carboxylic acids is 1. The standard InChI is InChI=1S/C21H35O3Si/c1-9-12-15-25(16-13-10-2)24-18(21(7,8)14-11-3)17-19(22)23-20(4,5)6/h9-10,12-13,18H,15-17H2,1-8H3/b12-9-,13-10-/t18-/m0/s1. The van der Waals surface area contributed by atoms with E-state index >= 15 is 0 Å². The molecule has 0 rings (SSSR count). The normalized spacial score (nSPS) is 14.0. The third kappa shape index (κ3) is 11.0. The summed E-state index contributed by atoms with van der Waals surface area (Å²) in [5.41, 5.74) is -0.903. The molecule has 0 aliphatic carbocycles. The van der Waals surface area contributed by atoms with Crippen molar-refractivity contribution in [2.45, 2.75) is 85.6 Å². The molecule has 0 aliphatic heterocycles. The molecular weight excluding hydrogens is 328 g/mol. The molecule has 0 aliphatic rings. The van der Waals surface area contributed by atoms with Gasteiger partial charge in [-0.1, -0.05) is 30.2 Å². The molecule has 0 N–H and O–H groups in total. The minimum Gasteiger partial charge on any atom is -0.460 e. The predicted molar refractivity (Wildman–Crippen MR) is 108 cm³/mol. The summed E-state index contributed by atoms with van der Waals surface area (Å²) in [4.78, 5) is 12.4. The number of esters is 1. The predicted octanol–water partition coefficient (Wildman–Crippen LogP) is 5.30. The molecule has 0 spiro atoms. The zero-order chi connectivity index (χ0) is 19.5. The van der Waals surface area contributed by atoms with E-state index in [0.717, 1.165) is 12.1 Å². The fourth-order valence-electron chi connectivity index (χ4n) is 2.26. The number of rotatable bonds is 9. The molecule has 1 atom stereocenters. The van der Waals surface area contributed by atoms with Crippen molar-refractivity contribution in [1.29, 1.82) is 0 Å². The van der Waals surface area contributed by atoms with Gasteiger partial charge in [-0.05, 0) is 67.5 Å². The van der Waals surface area contributed by atoms with Gasteiger partial charge < -0.3 is 9.16 Å². The van der Waals surface area contributed by atoms with E-state index in [0.29, 0.717) is 0 Å². The van der Waals surface area contributed by atoms with Gasteiger partial charge in [0.1, 0.15) is 5.60 Å². The quantitative estimate of drug-likeness (QED) is 0.241. The molecule has 25 heavy (non-hydrogen) atoms. The van der Waals surface area contributed by atoms with Gasteiger partial charge in [-0.25, -0.2) is 0 Å². The maximum Gasteiger partial charge on any atom is 0.308 e. The molecule has 0 heterocycles. The highest BCUT2D eigenvalue weighted by molar-refractivity contribution is 6.53. The second-order valence-corrected chi connectivity index (χ2v) is 9.71. The van der Waals surface area contributed by atoms with E-state index < -0.39 is 20.1 Å². The Morgan fingerprint density at radius 2 is 1.60 bits per heavy atom. The molecule has 0 bridgehead atoms. The van der Waals surface area contributed by atoms with Gasteiger partial charge >= 0.3 is 5.97 Å². The van der Waals surface area contributed by atoms with Crippen LogP contribution in [-0.4, -0.2) is 26.7 Å². The Morgan fingerprint density at radius 3 is 2.00 bits per heavy atom. The Kier molecular flexibility index (Phi) is 10.7. The monoisotopic (exact) mass is 363 g/mol. The lowest BCUT2D eigenvalue weighted by Crippen LogP contribution is -2.39. The first-order valence-corrected chi connectivity index (χ1v) is 10.8. The lowest BCUT2D eigenvalue weighted by atomic mass is 9.85. The van der Waals surface area contributed by atoms with Gasteiger partial charge in [-0.3, -0.25) is 4.79 Å². The molecule has 0 aromatic heterocycles. The summed E-state index contributed by atoms with van der Waals surface area (Å²) in [5, 5.41) is 0. The first-order chi connectivity index (χ1) is 11.6. The van der Waals surface area contributed by atoms with Crippen molar-refractivity contribution >= 4 is 15.0 Å². The molecule has 0 aromatic carbocycles. The van der Waals surface area contributed by atoms with E-state index in [1.807, 2.05) is 67.5 Å². The summed E-state index contributed by atoms with van der Waals surface area (Å²) in [5.74, 6) is 5.94. The van der Waals surface area contributed by atoms with Gasteiger partial charge in [0.25, 0.3) is 0 Å². The maximum atomic E-state index is 12.4. The molecule has 0 amide bonds. The van der Waals surface area contributed by atoms with Crippen LogP contribution in [0.25, 0.3) is 0 Å². The van der Waals surface area contributed by atoms with Crippen LogP contribution in [0, 0.1) is 17.3 Å². The van der Waals surface area contributed by atoms with E-state index in [1.54, 1.807) is 0 Å². The Hall–Kier alpha value is -1.31. The summed E-state index contributed by atoms with van der Waals surface area (Å²) < 4.78 is 12.0. The number of allylic oxidation sites excluding steroid dienone is 4. The molecule has 4 heteroatoms. The molecule has 141 valence electrons. The molecule has 0 fully saturated rings. The number of carbonyl (C=O) groups is 1. The molecule has 0 saturated carbocycles. The summed E-state index contributed by atoms with van der Waals surface area (Å²) in [6, 6.07) is 1.82. The van der Waals surface area contributed by atoms with Crippen LogP contribution < -0.4 is 0 Å². The third-order valence-corrected chi connectivity index (χ3v) is 5.50. The van der Waals surface area contributed by atoms with Gasteiger partial charge in [0, 0.05) is 0 Å². The second-order valence-electron chi connectivity index (χ2n) is 7.58. The molecule has 0 unspecified atom stereocenters. The van der Waals surface area contributed by atoms with Crippen LogP contribution in [0.2, 0.25) is 12.1 Å². The van der Waals surface area contributed by atoms with Crippen LogP contribution in [0.1, 0.15) is 61.8 Å². The van der Waals surface area contributed by atoms with E-state index in [1.165, 1.54) is 0 Å². The summed E-state index contributed by atoms with van der Waals surface area (Å²) in [7, 11) is -1.11. The van der Waals surface area contributed by atoms with Crippen molar-refractivity contribution in [1.82, 2.24) is 0 Å². The lowest BCUT2D eigenvalue weighted by molar-refractivity contribution is -0.157. The molecular formula is C21H35O3Si. The molecule has 0 saturated heterocycles. The van der Waals surface area contributed by atoms with Crippen molar-refractivity contribution in [2.24, 2.45) is 5.41 Å². The molecule has 0 aromatic rings. The topological polar surface area (TPSA) is 35.5 Å². The van der Waals surface area contributed by atoms with E-state index in [4.69, 9.17) is 9.16 Å². The first kappa shape index (κ1) is 23.7. The fourth-order valence-corrected chi connectivity index (χ4v) is 4.40. The van der Waals surface area contributed by atoms with Gasteiger partial charge in [0.15, 0.2) is 0 Å². The van der Waals surface area contributed by atoms with Crippen molar-refractivity contribution in [3.63, 3.8) is 0 Å². The fraction of sp³-hybridized carbons (Fsp3) is 0.667. The van der Waals surface area contributed by atoms with Crippen LogP contribution >= 0.6 is 0 Å².